The van der Waals surface area contributed by atoms with E-state index in [1.165, 1.54) is 5.56 Å². The summed E-state index contributed by atoms with van der Waals surface area (Å²) in [6.07, 6.45) is 4.35. The molecule has 0 fully saturated rings. The Labute approximate surface area is 177 Å². The third-order valence-corrected chi connectivity index (χ3v) is 5.87. The quantitative estimate of drug-likeness (QED) is 0.489. The smallest absolute Gasteiger partial charge is 0.322 e. The summed E-state index contributed by atoms with van der Waals surface area (Å²) < 4.78 is 3.51. The number of aromatic nitrogens is 6. The Kier molecular flexibility index (Phi) is 3.77. The maximum absolute atomic E-state index is 13.3. The summed E-state index contributed by atoms with van der Waals surface area (Å²) in [6.45, 7) is 4.85. The van der Waals surface area contributed by atoms with Crippen LogP contribution in [0, 0.1) is 0 Å². The largest absolute Gasteiger partial charge is 0.335 e. The molecule has 0 radical (unpaired) electrons. The summed E-state index contributed by atoms with van der Waals surface area (Å²) in [5.74, 6) is 0.787. The number of imidazole rings is 2. The topological polar surface area (TPSA) is 84.6 Å². The minimum absolute atomic E-state index is 0.0482. The van der Waals surface area contributed by atoms with Gasteiger partial charge in [-0.2, -0.15) is 4.98 Å². The molecule has 4 aromatic heterocycles. The Hall–Kier alpha value is -3.94. The van der Waals surface area contributed by atoms with Crippen molar-refractivity contribution in [3.63, 3.8) is 0 Å². The lowest BCUT2D eigenvalue weighted by atomic mass is 10.1. The summed E-state index contributed by atoms with van der Waals surface area (Å²) in [5, 5.41) is 0. The van der Waals surface area contributed by atoms with Gasteiger partial charge in [0.25, 0.3) is 0 Å². The first-order chi connectivity index (χ1) is 15.1. The summed E-state index contributed by atoms with van der Waals surface area (Å²) >= 11 is 0. The first-order valence-electron chi connectivity index (χ1n) is 10.4. The number of nitrogens with one attached hydrogen (secondary N) is 1. The van der Waals surface area contributed by atoms with Crippen LogP contribution in [-0.4, -0.2) is 35.6 Å². The summed E-state index contributed by atoms with van der Waals surface area (Å²) in [6, 6.07) is 13.9. The normalized spacial score (nSPS) is 13.6. The highest BCUT2D eigenvalue weighted by molar-refractivity contribution is 5.78. The van der Waals surface area contributed by atoms with Crippen LogP contribution in [0.4, 0.5) is 11.6 Å². The van der Waals surface area contributed by atoms with Crippen LogP contribution in [0.3, 0.4) is 0 Å². The number of anilines is 2. The molecule has 1 aromatic carbocycles. The van der Waals surface area contributed by atoms with Gasteiger partial charge in [-0.3, -0.25) is 4.57 Å². The second-order valence-corrected chi connectivity index (χ2v) is 8.08. The summed E-state index contributed by atoms with van der Waals surface area (Å²) in [7, 11) is 0. The molecule has 0 saturated carbocycles. The van der Waals surface area contributed by atoms with Gasteiger partial charge in [-0.1, -0.05) is 0 Å². The Morgan fingerprint density at radius 1 is 1.06 bits per heavy atom. The molecule has 0 amide bonds. The third-order valence-electron chi connectivity index (χ3n) is 5.87. The van der Waals surface area contributed by atoms with E-state index in [-0.39, 0.29) is 11.7 Å². The molecule has 6 rings (SSSR count). The first-order valence-corrected chi connectivity index (χ1v) is 10.4. The number of hydrogen-bond donors (Lipinski definition) is 1. The van der Waals surface area contributed by atoms with Crippen molar-refractivity contribution >= 4 is 34.0 Å². The maximum atomic E-state index is 13.3. The van der Waals surface area contributed by atoms with E-state index in [1.807, 2.05) is 44.2 Å². The highest BCUT2D eigenvalue weighted by Crippen LogP contribution is 2.35. The van der Waals surface area contributed by atoms with E-state index in [0.717, 1.165) is 41.3 Å². The van der Waals surface area contributed by atoms with E-state index >= 15 is 0 Å². The highest BCUT2D eigenvalue weighted by Gasteiger charge is 2.25. The van der Waals surface area contributed by atoms with Crippen LogP contribution >= 0.6 is 0 Å². The van der Waals surface area contributed by atoms with Crippen LogP contribution in [0.15, 0.2) is 59.7 Å². The minimum Gasteiger partial charge on any atom is -0.322 e. The molecule has 0 atom stereocenters. The van der Waals surface area contributed by atoms with Gasteiger partial charge in [-0.05, 0) is 68.3 Å². The molecule has 5 aromatic rings. The van der Waals surface area contributed by atoms with Gasteiger partial charge in [0.1, 0.15) is 0 Å². The van der Waals surface area contributed by atoms with E-state index < -0.39 is 0 Å². The van der Waals surface area contributed by atoms with E-state index in [4.69, 9.17) is 0 Å². The van der Waals surface area contributed by atoms with Crippen LogP contribution in [0.5, 0.6) is 0 Å². The number of rotatable bonds is 3. The molecular weight excluding hydrogens is 390 g/mol. The zero-order chi connectivity index (χ0) is 21.1. The zero-order valence-corrected chi connectivity index (χ0v) is 17.3. The van der Waals surface area contributed by atoms with Gasteiger partial charge in [0, 0.05) is 30.7 Å². The molecule has 1 N–H and O–H groups in total. The second kappa shape index (κ2) is 6.53. The molecule has 0 saturated heterocycles. The fourth-order valence-corrected chi connectivity index (χ4v) is 4.49. The standard InChI is InChI=1S/C23H21N7O/c1-14(2)29-19-6-4-11-25-21(19)30(23(29)31)16-7-8-18-15(13-16)9-12-28(18)22-26-17-5-3-10-24-20(17)27-22/h3-8,10-11,13-14H,9,12H2,1-2H3,(H,24,26,27). The van der Waals surface area contributed by atoms with Gasteiger partial charge in [0.2, 0.25) is 5.95 Å². The third kappa shape index (κ3) is 2.61. The number of pyridine rings is 2. The van der Waals surface area contributed by atoms with Crippen molar-refractivity contribution in [2.75, 3.05) is 11.4 Å². The van der Waals surface area contributed by atoms with Crippen LogP contribution in [0.2, 0.25) is 0 Å². The fourth-order valence-electron chi connectivity index (χ4n) is 4.49. The highest BCUT2D eigenvalue weighted by atomic mass is 16.1. The Bertz CT molecular complexity index is 1470. The SMILES string of the molecule is CC(C)n1c(=O)n(-c2ccc3c(c2)CCN3c2nc3ncccc3[nH]2)c2ncccc21. The summed E-state index contributed by atoms with van der Waals surface area (Å²) in [5.41, 5.74) is 6.19. The molecule has 0 bridgehead atoms. The van der Waals surface area contributed by atoms with E-state index in [2.05, 4.69) is 37.0 Å². The molecule has 1 aliphatic rings. The van der Waals surface area contributed by atoms with Crippen molar-refractivity contribution in [1.29, 1.82) is 0 Å². The lowest BCUT2D eigenvalue weighted by molar-refractivity contribution is 0.590. The van der Waals surface area contributed by atoms with E-state index in [0.29, 0.717) is 11.3 Å². The number of H-pyrrole nitrogens is 1. The van der Waals surface area contributed by atoms with Crippen LogP contribution in [0.1, 0.15) is 25.5 Å². The zero-order valence-electron chi connectivity index (χ0n) is 17.3. The molecule has 0 aliphatic carbocycles. The number of aromatic amines is 1. The molecule has 8 heteroatoms. The number of nitrogens with zero attached hydrogens (tertiary/aromatic N) is 6. The van der Waals surface area contributed by atoms with E-state index in [9.17, 15) is 4.79 Å². The molecule has 31 heavy (non-hydrogen) atoms. The molecule has 0 unspecified atom stereocenters. The first kappa shape index (κ1) is 17.9. The average Bonchev–Trinajstić information content (AvgIpc) is 3.45. The molecule has 0 spiro atoms. The number of hydrogen-bond acceptors (Lipinski definition) is 5. The maximum Gasteiger partial charge on any atom is 0.335 e. The van der Waals surface area contributed by atoms with Crippen LogP contribution in [-0.2, 0) is 6.42 Å². The van der Waals surface area contributed by atoms with Gasteiger partial charge < -0.3 is 9.88 Å². The van der Waals surface area contributed by atoms with Crippen LogP contribution < -0.4 is 10.6 Å². The van der Waals surface area contributed by atoms with Crippen molar-refractivity contribution in [3.8, 4) is 5.69 Å². The molecule has 1 aliphatic heterocycles. The molecule has 154 valence electrons. The van der Waals surface area contributed by atoms with Crippen LogP contribution in [0.25, 0.3) is 28.0 Å². The summed E-state index contributed by atoms with van der Waals surface area (Å²) in [4.78, 5) is 32.3. The predicted octanol–water partition coefficient (Wildman–Crippen LogP) is 3.73. The fraction of sp³-hybridized carbons (Fsp3) is 0.217. The van der Waals surface area contributed by atoms with Crippen molar-refractivity contribution < 1.29 is 0 Å². The van der Waals surface area contributed by atoms with Gasteiger partial charge in [-0.25, -0.2) is 19.3 Å². The van der Waals surface area contributed by atoms with E-state index in [1.54, 1.807) is 21.5 Å². The van der Waals surface area contributed by atoms with Gasteiger partial charge in [0.05, 0.1) is 16.7 Å². The predicted molar refractivity (Wildman–Crippen MR) is 120 cm³/mol. The molecular formula is C23H21N7O. The second-order valence-electron chi connectivity index (χ2n) is 8.08. The molecule has 8 nitrogen and oxygen atoms in total. The lowest BCUT2D eigenvalue weighted by Gasteiger charge is -2.16. The molecule has 5 heterocycles. The van der Waals surface area contributed by atoms with Gasteiger partial charge in [0.15, 0.2) is 11.3 Å². The van der Waals surface area contributed by atoms with Gasteiger partial charge in [-0.15, -0.1) is 0 Å². The van der Waals surface area contributed by atoms with Crippen molar-refractivity contribution in [1.82, 2.24) is 29.1 Å². The van der Waals surface area contributed by atoms with Gasteiger partial charge >= 0.3 is 5.69 Å². The van der Waals surface area contributed by atoms with Crippen molar-refractivity contribution in [2.24, 2.45) is 0 Å². The Morgan fingerprint density at radius 3 is 2.74 bits per heavy atom. The average molecular weight is 411 g/mol. The Balaban J connectivity index is 1.47. The lowest BCUT2D eigenvalue weighted by Crippen LogP contribution is -2.24. The number of fused-ring (bicyclic) bond motifs is 3. The minimum atomic E-state index is -0.0677. The van der Waals surface area contributed by atoms with Crippen molar-refractivity contribution in [2.45, 2.75) is 26.3 Å². The monoisotopic (exact) mass is 411 g/mol. The number of benzene rings is 1. The van der Waals surface area contributed by atoms with Crippen molar-refractivity contribution in [3.05, 3.63) is 70.9 Å². The Morgan fingerprint density at radius 2 is 1.90 bits per heavy atom.